The molecule has 0 amide bonds. The molecular weight excluding hydrogens is 294 g/mol. The van der Waals surface area contributed by atoms with E-state index in [0.29, 0.717) is 6.04 Å². The smallest absolute Gasteiger partial charge is 0.0415 e. The van der Waals surface area contributed by atoms with Gasteiger partial charge < -0.3 is 5.32 Å². The summed E-state index contributed by atoms with van der Waals surface area (Å²) in [6.45, 7) is 10.1. The highest BCUT2D eigenvalue weighted by molar-refractivity contribution is 9.10. The predicted molar refractivity (Wildman–Crippen MR) is 81.9 cm³/mol. The number of hydrogen-bond donors (Lipinski definition) is 1. The molecule has 98 valence electrons. The summed E-state index contributed by atoms with van der Waals surface area (Å²) in [6.07, 6.45) is 3.73. The molecule has 0 aliphatic heterocycles. The Morgan fingerprint density at radius 2 is 2.06 bits per heavy atom. The summed E-state index contributed by atoms with van der Waals surface area (Å²) in [4.78, 5) is 2.86. The van der Waals surface area contributed by atoms with Gasteiger partial charge in [-0.3, -0.25) is 0 Å². The maximum Gasteiger partial charge on any atom is 0.0415 e. The topological polar surface area (TPSA) is 12.0 Å². The van der Waals surface area contributed by atoms with Gasteiger partial charge in [-0.15, -0.1) is 11.3 Å². The molecule has 0 fully saturated rings. The minimum Gasteiger partial charge on any atom is -0.309 e. The Kier molecular flexibility index (Phi) is 6.75. The lowest BCUT2D eigenvalue weighted by molar-refractivity contribution is 0.445. The third-order valence-electron chi connectivity index (χ3n) is 2.89. The zero-order chi connectivity index (χ0) is 12.8. The molecule has 17 heavy (non-hydrogen) atoms. The van der Waals surface area contributed by atoms with E-state index in [9.17, 15) is 0 Å². The van der Waals surface area contributed by atoms with Gasteiger partial charge in [-0.1, -0.05) is 20.8 Å². The Bertz CT molecular complexity index is 313. The molecule has 1 heterocycles. The molecule has 1 aromatic heterocycles. The number of nitrogens with one attached hydrogen (secondary N) is 1. The van der Waals surface area contributed by atoms with Crippen LogP contribution in [0.2, 0.25) is 0 Å². The van der Waals surface area contributed by atoms with Crippen LogP contribution >= 0.6 is 27.3 Å². The van der Waals surface area contributed by atoms with Crippen LogP contribution in [-0.4, -0.2) is 6.54 Å². The fourth-order valence-corrected chi connectivity index (χ4v) is 3.49. The maximum absolute atomic E-state index is 3.67. The molecule has 1 aromatic rings. The summed E-state index contributed by atoms with van der Waals surface area (Å²) in [6, 6.07) is 2.82. The molecule has 1 atom stereocenters. The Hall–Kier alpha value is 0.140. The molecule has 0 saturated heterocycles. The second-order valence-corrected chi connectivity index (χ2v) is 7.17. The van der Waals surface area contributed by atoms with E-state index in [2.05, 4.69) is 55.0 Å². The summed E-state index contributed by atoms with van der Waals surface area (Å²) >= 11 is 5.53. The van der Waals surface area contributed by atoms with Gasteiger partial charge in [0, 0.05) is 20.3 Å². The van der Waals surface area contributed by atoms with Gasteiger partial charge in [0.05, 0.1) is 0 Å². The van der Waals surface area contributed by atoms with E-state index in [1.165, 1.54) is 33.5 Å². The number of rotatable bonds is 7. The van der Waals surface area contributed by atoms with E-state index in [0.717, 1.165) is 12.5 Å². The van der Waals surface area contributed by atoms with Crippen molar-refractivity contribution in [3.8, 4) is 0 Å². The highest BCUT2D eigenvalue weighted by atomic mass is 79.9. The Morgan fingerprint density at radius 1 is 1.35 bits per heavy atom. The van der Waals surface area contributed by atoms with Crippen LogP contribution in [0, 0.1) is 12.8 Å². The molecule has 1 nitrogen and oxygen atoms in total. The molecule has 1 rings (SSSR count). The summed E-state index contributed by atoms with van der Waals surface area (Å²) < 4.78 is 1.25. The molecule has 0 saturated carbocycles. The zero-order valence-corrected chi connectivity index (χ0v) is 13.7. The second kappa shape index (κ2) is 7.55. The molecule has 0 aromatic carbocycles. The Labute approximate surface area is 118 Å². The van der Waals surface area contributed by atoms with Crippen molar-refractivity contribution in [2.75, 3.05) is 6.54 Å². The first-order chi connectivity index (χ1) is 8.04. The lowest BCUT2D eigenvalue weighted by atomic mass is 10.0. The molecule has 0 aliphatic carbocycles. The number of thiophene rings is 1. The predicted octanol–water partition coefficient (Wildman–Crippen LogP) is 5.30. The van der Waals surface area contributed by atoms with Crippen molar-refractivity contribution in [2.45, 2.75) is 53.0 Å². The second-order valence-electron chi connectivity index (χ2n) is 5.03. The third-order valence-corrected chi connectivity index (χ3v) is 5.14. The van der Waals surface area contributed by atoms with Crippen molar-refractivity contribution in [2.24, 2.45) is 5.92 Å². The van der Waals surface area contributed by atoms with Crippen molar-refractivity contribution in [1.29, 1.82) is 0 Å². The normalized spacial score (nSPS) is 13.3. The number of halogens is 1. The van der Waals surface area contributed by atoms with Gasteiger partial charge in [0.1, 0.15) is 0 Å². The minimum absolute atomic E-state index is 0.535. The minimum atomic E-state index is 0.535. The molecule has 1 N–H and O–H groups in total. The lowest BCUT2D eigenvalue weighted by Gasteiger charge is -2.18. The molecule has 0 radical (unpaired) electrons. The van der Waals surface area contributed by atoms with Gasteiger partial charge in [0.25, 0.3) is 0 Å². The van der Waals surface area contributed by atoms with Crippen LogP contribution in [0.3, 0.4) is 0 Å². The summed E-state index contributed by atoms with van der Waals surface area (Å²) in [5.41, 5.74) is 0. The standard InChI is InChI=1S/C14H24BrNS/c1-5-8-16-13(7-6-10(2)3)14-9-12(15)11(4)17-14/h9-10,13,16H,5-8H2,1-4H3. The van der Waals surface area contributed by atoms with Gasteiger partial charge in [-0.25, -0.2) is 0 Å². The quantitative estimate of drug-likeness (QED) is 0.720. The number of aryl methyl sites for hydroxylation is 1. The van der Waals surface area contributed by atoms with Gasteiger partial charge in [0.2, 0.25) is 0 Å². The summed E-state index contributed by atoms with van der Waals surface area (Å²) in [7, 11) is 0. The van der Waals surface area contributed by atoms with E-state index in [1.807, 2.05) is 11.3 Å². The van der Waals surface area contributed by atoms with Crippen molar-refractivity contribution >= 4 is 27.3 Å². The van der Waals surface area contributed by atoms with Crippen LogP contribution in [0.15, 0.2) is 10.5 Å². The van der Waals surface area contributed by atoms with E-state index >= 15 is 0 Å². The monoisotopic (exact) mass is 317 g/mol. The summed E-state index contributed by atoms with van der Waals surface area (Å²) in [5, 5.41) is 3.67. The van der Waals surface area contributed by atoms with Crippen LogP contribution in [-0.2, 0) is 0 Å². The average Bonchev–Trinajstić information content (AvgIpc) is 2.59. The Morgan fingerprint density at radius 3 is 2.53 bits per heavy atom. The fraction of sp³-hybridized carbons (Fsp3) is 0.714. The molecule has 0 spiro atoms. The third kappa shape index (κ3) is 5.11. The SMILES string of the molecule is CCCNC(CCC(C)C)c1cc(Br)c(C)s1. The van der Waals surface area contributed by atoms with Gasteiger partial charge in [0.15, 0.2) is 0 Å². The van der Waals surface area contributed by atoms with E-state index in [-0.39, 0.29) is 0 Å². The van der Waals surface area contributed by atoms with Gasteiger partial charge in [-0.05, 0) is 60.6 Å². The first-order valence-corrected chi connectivity index (χ1v) is 8.14. The van der Waals surface area contributed by atoms with Crippen LogP contribution in [0.5, 0.6) is 0 Å². The van der Waals surface area contributed by atoms with Crippen LogP contribution < -0.4 is 5.32 Å². The van der Waals surface area contributed by atoms with Crippen molar-refractivity contribution in [3.05, 3.63) is 20.3 Å². The zero-order valence-electron chi connectivity index (χ0n) is 11.3. The molecule has 3 heteroatoms. The van der Waals surface area contributed by atoms with Crippen molar-refractivity contribution < 1.29 is 0 Å². The van der Waals surface area contributed by atoms with Crippen LogP contribution in [0.25, 0.3) is 0 Å². The van der Waals surface area contributed by atoms with Gasteiger partial charge in [-0.2, -0.15) is 0 Å². The highest BCUT2D eigenvalue weighted by Crippen LogP contribution is 2.33. The fourth-order valence-electron chi connectivity index (χ4n) is 1.82. The first-order valence-electron chi connectivity index (χ1n) is 6.53. The Balaban J connectivity index is 2.67. The van der Waals surface area contributed by atoms with E-state index in [1.54, 1.807) is 0 Å². The van der Waals surface area contributed by atoms with Crippen LogP contribution in [0.4, 0.5) is 0 Å². The molecule has 0 bridgehead atoms. The largest absolute Gasteiger partial charge is 0.309 e. The molecular formula is C14H24BrNS. The van der Waals surface area contributed by atoms with Crippen molar-refractivity contribution in [1.82, 2.24) is 5.32 Å². The number of hydrogen-bond acceptors (Lipinski definition) is 2. The average molecular weight is 318 g/mol. The molecule has 1 unspecified atom stereocenters. The van der Waals surface area contributed by atoms with E-state index in [4.69, 9.17) is 0 Å². The van der Waals surface area contributed by atoms with Crippen molar-refractivity contribution in [3.63, 3.8) is 0 Å². The maximum atomic E-state index is 3.67. The van der Waals surface area contributed by atoms with Crippen LogP contribution in [0.1, 0.15) is 55.8 Å². The van der Waals surface area contributed by atoms with E-state index < -0.39 is 0 Å². The highest BCUT2D eigenvalue weighted by Gasteiger charge is 2.14. The lowest BCUT2D eigenvalue weighted by Crippen LogP contribution is -2.21. The first kappa shape index (κ1) is 15.2. The summed E-state index contributed by atoms with van der Waals surface area (Å²) in [5.74, 6) is 0.783. The van der Waals surface area contributed by atoms with Gasteiger partial charge >= 0.3 is 0 Å². The molecule has 0 aliphatic rings.